The van der Waals surface area contributed by atoms with E-state index in [1.54, 1.807) is 0 Å². The summed E-state index contributed by atoms with van der Waals surface area (Å²) in [7, 11) is 0. The average Bonchev–Trinajstić information content (AvgIpc) is 3.14. The van der Waals surface area contributed by atoms with Gasteiger partial charge in [-0.2, -0.15) is 31.4 Å². The van der Waals surface area contributed by atoms with Crippen molar-refractivity contribution in [3.63, 3.8) is 0 Å². The summed E-state index contributed by atoms with van der Waals surface area (Å²) < 4.78 is 81.8. The van der Waals surface area contributed by atoms with E-state index in [9.17, 15) is 26.3 Å². The Bertz CT molecular complexity index is 1190. The Labute approximate surface area is 166 Å². The molecule has 0 N–H and O–H groups in total. The van der Waals surface area contributed by atoms with Gasteiger partial charge in [-0.15, -0.1) is 0 Å². The Kier molecular flexibility index (Phi) is 4.76. The second kappa shape index (κ2) is 7.16. The van der Waals surface area contributed by atoms with Gasteiger partial charge < -0.3 is 0 Å². The lowest BCUT2D eigenvalue weighted by atomic mass is 10.00. The van der Waals surface area contributed by atoms with Crippen molar-refractivity contribution in [2.75, 3.05) is 0 Å². The average molecular weight is 421 g/mol. The monoisotopic (exact) mass is 421 g/mol. The van der Waals surface area contributed by atoms with Gasteiger partial charge in [0.1, 0.15) is 5.69 Å². The van der Waals surface area contributed by atoms with E-state index in [0.29, 0.717) is 6.54 Å². The maximum absolute atomic E-state index is 13.4. The van der Waals surface area contributed by atoms with Crippen molar-refractivity contribution in [2.24, 2.45) is 0 Å². The van der Waals surface area contributed by atoms with Crippen LogP contribution in [0, 0.1) is 0 Å². The molecule has 0 saturated carbocycles. The molecule has 154 valence electrons. The minimum Gasteiger partial charge on any atom is -0.268 e. The fourth-order valence-electron chi connectivity index (χ4n) is 3.22. The lowest BCUT2D eigenvalue weighted by Gasteiger charge is -2.15. The van der Waals surface area contributed by atoms with Gasteiger partial charge in [0.25, 0.3) is 0 Å². The van der Waals surface area contributed by atoms with Gasteiger partial charge >= 0.3 is 12.4 Å². The largest absolute Gasteiger partial charge is 0.433 e. The Hall–Kier alpha value is -3.36. The third-order valence-electron chi connectivity index (χ3n) is 4.57. The molecular weight excluding hydrogens is 408 g/mol. The molecule has 3 nitrogen and oxygen atoms in total. The highest BCUT2D eigenvalue weighted by molar-refractivity contribution is 5.96. The summed E-state index contributed by atoms with van der Waals surface area (Å²) in [4.78, 5) is 3.30. The molecular formula is C21H13F6N3. The standard InChI is InChI=1S/C21H13F6N3/c22-20(23,24)17-8-4-7-15-16(9-18(21(25,26)27)29-19(15)17)14-10-28-30(12-14)11-13-5-2-1-3-6-13/h1-10,12H,11H2. The molecule has 0 saturated heterocycles. The van der Waals surface area contributed by atoms with Crippen molar-refractivity contribution in [2.45, 2.75) is 18.9 Å². The number of halogens is 6. The van der Waals surface area contributed by atoms with Crippen LogP contribution in [0.1, 0.15) is 16.8 Å². The van der Waals surface area contributed by atoms with E-state index in [1.807, 2.05) is 30.3 Å². The lowest BCUT2D eigenvalue weighted by molar-refractivity contribution is -0.142. The molecule has 0 aliphatic rings. The number of para-hydroxylation sites is 1. The summed E-state index contributed by atoms with van der Waals surface area (Å²) in [6.45, 7) is 0.365. The Morgan fingerprint density at radius 1 is 0.833 bits per heavy atom. The van der Waals surface area contributed by atoms with Crippen molar-refractivity contribution in [1.82, 2.24) is 14.8 Å². The maximum atomic E-state index is 13.4. The summed E-state index contributed by atoms with van der Waals surface area (Å²) in [5.74, 6) is 0. The molecule has 0 bridgehead atoms. The topological polar surface area (TPSA) is 30.7 Å². The van der Waals surface area contributed by atoms with Crippen LogP contribution >= 0.6 is 0 Å². The van der Waals surface area contributed by atoms with Gasteiger partial charge in [-0.3, -0.25) is 4.68 Å². The molecule has 0 aliphatic heterocycles. The van der Waals surface area contributed by atoms with Crippen LogP contribution in [0.5, 0.6) is 0 Å². The van der Waals surface area contributed by atoms with Crippen LogP contribution in [0.25, 0.3) is 22.0 Å². The molecule has 9 heteroatoms. The van der Waals surface area contributed by atoms with Gasteiger partial charge in [0.05, 0.1) is 23.8 Å². The van der Waals surface area contributed by atoms with Crippen LogP contribution in [0.2, 0.25) is 0 Å². The quantitative estimate of drug-likeness (QED) is 0.370. The summed E-state index contributed by atoms with van der Waals surface area (Å²) in [5, 5.41) is 4.12. The summed E-state index contributed by atoms with van der Waals surface area (Å²) in [5.41, 5.74) is -2.19. The Morgan fingerprint density at radius 2 is 1.57 bits per heavy atom. The van der Waals surface area contributed by atoms with E-state index in [-0.39, 0.29) is 16.5 Å². The fourth-order valence-corrected chi connectivity index (χ4v) is 3.22. The fraction of sp³-hybridized carbons (Fsp3) is 0.143. The first kappa shape index (κ1) is 19.9. The predicted octanol–water partition coefficient (Wildman–Crippen LogP) is 6.18. The van der Waals surface area contributed by atoms with Crippen molar-refractivity contribution >= 4 is 10.9 Å². The zero-order valence-corrected chi connectivity index (χ0v) is 15.2. The number of rotatable bonds is 3. The molecule has 4 rings (SSSR count). The summed E-state index contributed by atoms with van der Waals surface area (Å²) >= 11 is 0. The highest BCUT2D eigenvalue weighted by Crippen LogP contribution is 2.40. The first-order valence-corrected chi connectivity index (χ1v) is 8.78. The van der Waals surface area contributed by atoms with E-state index in [0.717, 1.165) is 23.8 Å². The molecule has 0 spiro atoms. The molecule has 2 heterocycles. The number of hydrogen-bond acceptors (Lipinski definition) is 2. The molecule has 30 heavy (non-hydrogen) atoms. The highest BCUT2D eigenvalue weighted by atomic mass is 19.4. The molecule has 2 aromatic heterocycles. The Morgan fingerprint density at radius 3 is 2.23 bits per heavy atom. The van der Waals surface area contributed by atoms with Crippen LogP contribution < -0.4 is 0 Å². The molecule has 2 aromatic carbocycles. The van der Waals surface area contributed by atoms with Crippen LogP contribution in [-0.4, -0.2) is 14.8 Å². The van der Waals surface area contributed by atoms with E-state index < -0.39 is 29.1 Å². The van der Waals surface area contributed by atoms with E-state index in [2.05, 4.69) is 10.1 Å². The van der Waals surface area contributed by atoms with Crippen molar-refractivity contribution in [1.29, 1.82) is 0 Å². The van der Waals surface area contributed by atoms with Crippen LogP contribution in [0.3, 0.4) is 0 Å². The second-order valence-electron chi connectivity index (χ2n) is 6.66. The number of pyridine rings is 1. The SMILES string of the molecule is FC(F)(F)c1cc(-c2cnn(Cc3ccccc3)c2)c2cccc(C(F)(F)F)c2n1. The Balaban J connectivity index is 1.88. The third kappa shape index (κ3) is 3.87. The van der Waals surface area contributed by atoms with Crippen molar-refractivity contribution in [3.05, 3.63) is 83.8 Å². The van der Waals surface area contributed by atoms with Crippen LogP contribution in [0.15, 0.2) is 67.0 Å². The molecule has 0 aliphatic carbocycles. The maximum Gasteiger partial charge on any atom is 0.433 e. The number of alkyl halides is 6. The minimum atomic E-state index is -4.90. The highest BCUT2D eigenvalue weighted by Gasteiger charge is 2.37. The van der Waals surface area contributed by atoms with Crippen molar-refractivity contribution in [3.8, 4) is 11.1 Å². The summed E-state index contributed by atoms with van der Waals surface area (Å²) in [6, 6.07) is 13.2. The number of aromatic nitrogens is 3. The van der Waals surface area contributed by atoms with Crippen molar-refractivity contribution < 1.29 is 26.3 Å². The van der Waals surface area contributed by atoms with E-state index in [4.69, 9.17) is 0 Å². The molecule has 0 unspecified atom stereocenters. The normalized spacial score (nSPS) is 12.5. The van der Waals surface area contributed by atoms with Gasteiger partial charge in [-0.1, -0.05) is 42.5 Å². The third-order valence-corrected chi connectivity index (χ3v) is 4.57. The number of nitrogens with zero attached hydrogens (tertiary/aromatic N) is 3. The van der Waals surface area contributed by atoms with Gasteiger partial charge in [0.15, 0.2) is 0 Å². The smallest absolute Gasteiger partial charge is 0.268 e. The number of hydrogen-bond donors (Lipinski definition) is 0. The zero-order valence-electron chi connectivity index (χ0n) is 15.2. The van der Waals surface area contributed by atoms with Gasteiger partial charge in [-0.25, -0.2) is 4.98 Å². The first-order valence-electron chi connectivity index (χ1n) is 8.78. The number of fused-ring (bicyclic) bond motifs is 1. The summed E-state index contributed by atoms with van der Waals surface area (Å²) in [6.07, 6.45) is -6.91. The minimum absolute atomic E-state index is 0.0160. The number of benzene rings is 2. The van der Waals surface area contributed by atoms with Gasteiger partial charge in [-0.05, 0) is 23.3 Å². The van der Waals surface area contributed by atoms with Crippen LogP contribution in [-0.2, 0) is 18.9 Å². The van der Waals surface area contributed by atoms with E-state index >= 15 is 0 Å². The molecule has 0 radical (unpaired) electrons. The molecule has 0 amide bonds. The van der Waals surface area contributed by atoms with Gasteiger partial charge in [0, 0.05) is 17.1 Å². The zero-order chi connectivity index (χ0) is 21.5. The predicted molar refractivity (Wildman–Crippen MR) is 98.5 cm³/mol. The molecule has 0 fully saturated rings. The van der Waals surface area contributed by atoms with E-state index in [1.165, 1.54) is 23.1 Å². The first-order chi connectivity index (χ1) is 14.1. The lowest BCUT2D eigenvalue weighted by Crippen LogP contribution is -2.12. The second-order valence-corrected chi connectivity index (χ2v) is 6.66. The molecule has 4 aromatic rings. The molecule has 0 atom stereocenters. The van der Waals surface area contributed by atoms with Gasteiger partial charge in [0.2, 0.25) is 0 Å². The van der Waals surface area contributed by atoms with Crippen LogP contribution in [0.4, 0.5) is 26.3 Å².